The maximum Gasteiger partial charge on any atom is 0.123 e. The number of hydrogen-bond acceptors (Lipinski definition) is 2. The van der Waals surface area contributed by atoms with Crippen molar-refractivity contribution in [2.24, 2.45) is 0 Å². The van der Waals surface area contributed by atoms with Gasteiger partial charge in [-0.25, -0.2) is 4.39 Å². The maximum absolute atomic E-state index is 12.9. The van der Waals surface area contributed by atoms with E-state index in [-0.39, 0.29) is 11.9 Å². The van der Waals surface area contributed by atoms with Gasteiger partial charge in [-0.3, -0.25) is 4.68 Å². The summed E-state index contributed by atoms with van der Waals surface area (Å²) >= 11 is 3.38. The molecule has 0 saturated carbocycles. The quantitative estimate of drug-likeness (QED) is 0.942. The van der Waals surface area contributed by atoms with E-state index in [1.807, 2.05) is 13.8 Å². The first-order valence-corrected chi connectivity index (χ1v) is 6.46. The predicted octanol–water partition coefficient (Wildman–Crippen LogP) is 3.45. The second kappa shape index (κ2) is 5.20. The first kappa shape index (κ1) is 13.2. The standard InChI is InChI=1S/C13H14BrFN2O/c1-8(2)17-12(11(14)7-16-17)13(18)9-3-5-10(15)6-4-9/h3-8,13,18H,1-2H3. The van der Waals surface area contributed by atoms with Crippen LogP contribution in [0.3, 0.4) is 0 Å². The van der Waals surface area contributed by atoms with Gasteiger partial charge in [0.25, 0.3) is 0 Å². The monoisotopic (exact) mass is 312 g/mol. The Kier molecular flexibility index (Phi) is 3.82. The largest absolute Gasteiger partial charge is 0.382 e. The lowest BCUT2D eigenvalue weighted by atomic mass is 10.1. The van der Waals surface area contributed by atoms with E-state index >= 15 is 0 Å². The lowest BCUT2D eigenvalue weighted by Crippen LogP contribution is -2.12. The predicted molar refractivity (Wildman–Crippen MR) is 70.8 cm³/mol. The lowest BCUT2D eigenvalue weighted by Gasteiger charge is -2.17. The fraction of sp³-hybridized carbons (Fsp3) is 0.308. The molecule has 1 N–H and O–H groups in total. The van der Waals surface area contributed by atoms with E-state index in [4.69, 9.17) is 0 Å². The average Bonchev–Trinajstić information content (AvgIpc) is 2.71. The van der Waals surface area contributed by atoms with Crippen LogP contribution in [0.25, 0.3) is 0 Å². The fourth-order valence-electron chi connectivity index (χ4n) is 1.82. The first-order valence-electron chi connectivity index (χ1n) is 5.67. The highest BCUT2D eigenvalue weighted by atomic mass is 79.9. The number of aromatic nitrogens is 2. The molecule has 2 rings (SSSR count). The molecule has 2 aromatic rings. The van der Waals surface area contributed by atoms with Crippen molar-refractivity contribution in [3.05, 3.63) is 52.0 Å². The minimum atomic E-state index is -0.829. The van der Waals surface area contributed by atoms with Crippen LogP contribution in [0.5, 0.6) is 0 Å². The minimum absolute atomic E-state index is 0.140. The van der Waals surface area contributed by atoms with E-state index in [1.165, 1.54) is 12.1 Å². The van der Waals surface area contributed by atoms with Crippen molar-refractivity contribution in [1.29, 1.82) is 0 Å². The summed E-state index contributed by atoms with van der Waals surface area (Å²) in [5, 5.41) is 14.6. The molecule has 1 aromatic carbocycles. The molecule has 0 saturated heterocycles. The van der Waals surface area contributed by atoms with Gasteiger partial charge in [-0.2, -0.15) is 5.10 Å². The maximum atomic E-state index is 12.9. The molecule has 18 heavy (non-hydrogen) atoms. The van der Waals surface area contributed by atoms with Crippen LogP contribution in [0.15, 0.2) is 34.9 Å². The molecule has 0 amide bonds. The number of rotatable bonds is 3. The summed E-state index contributed by atoms with van der Waals surface area (Å²) in [6, 6.07) is 5.96. The third kappa shape index (κ3) is 2.47. The summed E-state index contributed by atoms with van der Waals surface area (Å²) < 4.78 is 15.4. The molecular formula is C13H14BrFN2O. The molecule has 5 heteroatoms. The second-order valence-corrected chi connectivity index (χ2v) is 5.22. The molecule has 0 radical (unpaired) electrons. The normalized spacial score (nSPS) is 13.0. The number of aliphatic hydroxyl groups is 1. The van der Waals surface area contributed by atoms with Gasteiger partial charge >= 0.3 is 0 Å². The zero-order valence-corrected chi connectivity index (χ0v) is 11.7. The van der Waals surface area contributed by atoms with Crippen molar-refractivity contribution in [1.82, 2.24) is 9.78 Å². The van der Waals surface area contributed by atoms with Crippen LogP contribution < -0.4 is 0 Å². The highest BCUT2D eigenvalue weighted by Crippen LogP contribution is 2.30. The van der Waals surface area contributed by atoms with E-state index in [1.54, 1.807) is 23.0 Å². The topological polar surface area (TPSA) is 38.0 Å². The van der Waals surface area contributed by atoms with Crippen LogP contribution in [-0.4, -0.2) is 14.9 Å². The molecule has 1 heterocycles. The molecule has 0 aliphatic heterocycles. The summed E-state index contributed by atoms with van der Waals surface area (Å²) in [7, 11) is 0. The molecule has 0 aliphatic carbocycles. The van der Waals surface area contributed by atoms with Gasteiger partial charge in [-0.05, 0) is 47.5 Å². The Morgan fingerprint density at radius 1 is 1.28 bits per heavy atom. The zero-order valence-electron chi connectivity index (χ0n) is 10.1. The Morgan fingerprint density at radius 3 is 2.44 bits per heavy atom. The minimum Gasteiger partial charge on any atom is -0.382 e. The summed E-state index contributed by atoms with van der Waals surface area (Å²) in [5.74, 6) is -0.317. The summed E-state index contributed by atoms with van der Waals surface area (Å²) in [6.07, 6.45) is 0.826. The van der Waals surface area contributed by atoms with Gasteiger partial charge in [0.2, 0.25) is 0 Å². The Labute approximate surface area is 113 Å². The van der Waals surface area contributed by atoms with Crippen molar-refractivity contribution in [2.45, 2.75) is 26.0 Å². The van der Waals surface area contributed by atoms with Crippen LogP contribution in [0, 0.1) is 5.82 Å². The van der Waals surface area contributed by atoms with Crippen LogP contribution in [0.2, 0.25) is 0 Å². The van der Waals surface area contributed by atoms with E-state index in [0.29, 0.717) is 11.3 Å². The molecule has 0 bridgehead atoms. The molecule has 96 valence electrons. The van der Waals surface area contributed by atoms with Gasteiger partial charge in [0, 0.05) is 6.04 Å². The van der Waals surface area contributed by atoms with Gasteiger partial charge in [-0.15, -0.1) is 0 Å². The van der Waals surface area contributed by atoms with E-state index < -0.39 is 6.10 Å². The average molecular weight is 313 g/mol. The molecule has 1 aromatic heterocycles. The molecule has 0 spiro atoms. The fourth-order valence-corrected chi connectivity index (χ4v) is 2.31. The van der Waals surface area contributed by atoms with Crippen LogP contribution in [0.1, 0.15) is 37.3 Å². The van der Waals surface area contributed by atoms with Crippen molar-refractivity contribution in [3.8, 4) is 0 Å². The summed E-state index contributed by atoms with van der Waals surface area (Å²) in [4.78, 5) is 0. The van der Waals surface area contributed by atoms with Gasteiger partial charge in [0.15, 0.2) is 0 Å². The molecule has 1 atom stereocenters. The van der Waals surface area contributed by atoms with E-state index in [2.05, 4.69) is 21.0 Å². The van der Waals surface area contributed by atoms with Gasteiger partial charge < -0.3 is 5.11 Å². The summed E-state index contributed by atoms with van der Waals surface area (Å²) in [6.45, 7) is 3.97. The van der Waals surface area contributed by atoms with Gasteiger partial charge in [-0.1, -0.05) is 12.1 Å². The Bertz CT molecular complexity index is 536. The SMILES string of the molecule is CC(C)n1ncc(Br)c1C(O)c1ccc(F)cc1. The number of benzene rings is 1. The Morgan fingerprint density at radius 2 is 1.89 bits per heavy atom. The Hall–Kier alpha value is -1.20. The van der Waals surface area contributed by atoms with Gasteiger partial charge in [0.1, 0.15) is 11.9 Å². The van der Waals surface area contributed by atoms with E-state index in [0.717, 1.165) is 4.47 Å². The molecule has 3 nitrogen and oxygen atoms in total. The Balaban J connectivity index is 2.42. The van der Waals surface area contributed by atoms with Gasteiger partial charge in [0.05, 0.1) is 16.4 Å². The molecule has 0 aliphatic rings. The number of halogens is 2. The summed E-state index contributed by atoms with van der Waals surface area (Å²) in [5.41, 5.74) is 1.32. The van der Waals surface area contributed by atoms with Crippen LogP contribution >= 0.6 is 15.9 Å². The van der Waals surface area contributed by atoms with E-state index in [9.17, 15) is 9.50 Å². The smallest absolute Gasteiger partial charge is 0.123 e. The third-order valence-electron chi connectivity index (χ3n) is 2.72. The van der Waals surface area contributed by atoms with Crippen LogP contribution in [0.4, 0.5) is 4.39 Å². The second-order valence-electron chi connectivity index (χ2n) is 4.37. The molecule has 0 fully saturated rings. The number of aliphatic hydroxyl groups excluding tert-OH is 1. The highest BCUT2D eigenvalue weighted by molar-refractivity contribution is 9.10. The van der Waals surface area contributed by atoms with Crippen molar-refractivity contribution >= 4 is 15.9 Å². The van der Waals surface area contributed by atoms with Crippen molar-refractivity contribution < 1.29 is 9.50 Å². The highest BCUT2D eigenvalue weighted by Gasteiger charge is 2.20. The molecular weight excluding hydrogens is 299 g/mol. The lowest BCUT2D eigenvalue weighted by molar-refractivity contribution is 0.204. The zero-order chi connectivity index (χ0) is 13.3. The van der Waals surface area contributed by atoms with Crippen molar-refractivity contribution in [3.63, 3.8) is 0 Å². The number of hydrogen-bond donors (Lipinski definition) is 1. The first-order chi connectivity index (χ1) is 8.50. The third-order valence-corrected chi connectivity index (χ3v) is 3.33. The van der Waals surface area contributed by atoms with Crippen molar-refractivity contribution in [2.75, 3.05) is 0 Å². The molecule has 1 unspecified atom stereocenters. The number of nitrogens with zero attached hydrogens (tertiary/aromatic N) is 2. The van der Waals surface area contributed by atoms with Crippen LogP contribution in [-0.2, 0) is 0 Å².